The molecule has 0 spiro atoms. The van der Waals surface area contributed by atoms with Crippen molar-refractivity contribution in [2.75, 3.05) is 0 Å². The average molecular weight is 922 g/mol. The molecule has 1 fully saturated rings. The molecule has 3 nitrogen and oxygen atoms in total. The first-order chi connectivity index (χ1) is 35.1. The van der Waals surface area contributed by atoms with Gasteiger partial charge < -0.3 is 0 Å². The third kappa shape index (κ3) is 6.59. The predicted molar refractivity (Wildman–Crippen MR) is 295 cm³/mol. The van der Waals surface area contributed by atoms with Crippen LogP contribution in [0, 0.1) is 5.92 Å². The summed E-state index contributed by atoms with van der Waals surface area (Å²) >= 11 is 1.89. The van der Waals surface area contributed by atoms with E-state index in [-0.39, 0.29) is 5.41 Å². The smallest absolute Gasteiger partial charge is 0.164 e. The van der Waals surface area contributed by atoms with Gasteiger partial charge in [-0.05, 0) is 138 Å². The minimum absolute atomic E-state index is 0.240. The van der Waals surface area contributed by atoms with E-state index in [4.69, 9.17) is 15.0 Å². The summed E-state index contributed by atoms with van der Waals surface area (Å²) in [7, 11) is 0. The number of benzene rings is 9. The number of fused-ring (bicyclic) bond motifs is 10. The summed E-state index contributed by atoms with van der Waals surface area (Å²) in [5.41, 5.74) is 20.6. The minimum Gasteiger partial charge on any atom is -0.212 e. The Morgan fingerprint density at radius 1 is 0.380 bits per heavy atom. The SMILES string of the molecule is C1=CC2CC2(c2nc(-c3ccccc3)nc(-c3cc(-c4cc(-c5ccccc5)cc(-c5ccccc5)c4)ccc3-c3ccc4c(c3)sc3cc5c(cc34)C3=C(c4ccccc4)C3c3ccccc3-5)n2)C=C1. The second-order valence-corrected chi connectivity index (χ2v) is 20.6. The summed E-state index contributed by atoms with van der Waals surface area (Å²) in [6, 6.07) is 77.6. The lowest BCUT2D eigenvalue weighted by atomic mass is 9.84. The van der Waals surface area contributed by atoms with Gasteiger partial charge in [0, 0.05) is 37.2 Å². The van der Waals surface area contributed by atoms with Gasteiger partial charge in [-0.15, -0.1) is 11.3 Å². The average Bonchev–Trinajstić information content (AvgIpc) is 4.36. The van der Waals surface area contributed by atoms with Crippen molar-refractivity contribution in [2.45, 2.75) is 17.8 Å². The van der Waals surface area contributed by atoms with Gasteiger partial charge in [0.2, 0.25) is 0 Å². The van der Waals surface area contributed by atoms with Gasteiger partial charge in [0.25, 0.3) is 0 Å². The number of hydrogen-bond donors (Lipinski definition) is 0. The highest BCUT2D eigenvalue weighted by molar-refractivity contribution is 7.25. The molecule has 0 radical (unpaired) electrons. The molecule has 4 aliphatic carbocycles. The van der Waals surface area contributed by atoms with Gasteiger partial charge in [-0.2, -0.15) is 0 Å². The van der Waals surface area contributed by atoms with Crippen LogP contribution in [0.1, 0.15) is 34.9 Å². The minimum atomic E-state index is -0.240. The first-order valence-electron chi connectivity index (χ1n) is 24.6. The van der Waals surface area contributed by atoms with E-state index in [1.165, 1.54) is 81.4 Å². The molecule has 3 unspecified atom stereocenters. The highest BCUT2D eigenvalue weighted by atomic mass is 32.1. The Hall–Kier alpha value is -8.57. The first kappa shape index (κ1) is 40.3. The van der Waals surface area contributed by atoms with E-state index in [9.17, 15) is 0 Å². The maximum atomic E-state index is 5.51. The largest absolute Gasteiger partial charge is 0.212 e. The Morgan fingerprint density at radius 2 is 1.00 bits per heavy atom. The molecule has 3 atom stereocenters. The number of hydrogen-bond acceptors (Lipinski definition) is 4. The van der Waals surface area contributed by atoms with Gasteiger partial charge in [0.05, 0.1) is 5.41 Å². The molecule has 2 aromatic heterocycles. The van der Waals surface area contributed by atoms with Gasteiger partial charge in [-0.1, -0.05) is 194 Å². The van der Waals surface area contributed by atoms with E-state index in [2.05, 4.69) is 231 Å². The molecule has 4 aliphatic rings. The number of thiophene rings is 1. The van der Waals surface area contributed by atoms with Gasteiger partial charge in [0.1, 0.15) is 5.82 Å². The number of aromatic nitrogens is 3. The summed E-state index contributed by atoms with van der Waals surface area (Å²) < 4.78 is 2.56. The fraction of sp³-hybridized carbons (Fsp3) is 0.0597. The molecule has 9 aromatic carbocycles. The Balaban J connectivity index is 0.929. The Bertz CT molecular complexity index is 4020. The monoisotopic (exact) mass is 921 g/mol. The first-order valence-corrected chi connectivity index (χ1v) is 25.4. The van der Waals surface area contributed by atoms with Crippen molar-refractivity contribution >= 4 is 42.7 Å². The fourth-order valence-corrected chi connectivity index (χ4v) is 12.8. The van der Waals surface area contributed by atoms with Crippen LogP contribution in [-0.4, -0.2) is 15.0 Å². The van der Waals surface area contributed by atoms with Crippen molar-refractivity contribution in [3.63, 3.8) is 0 Å². The van der Waals surface area contributed by atoms with Crippen molar-refractivity contribution in [2.24, 2.45) is 5.92 Å². The van der Waals surface area contributed by atoms with Crippen LogP contribution in [0.2, 0.25) is 0 Å². The standard InChI is InChI=1S/C67H43N3S/c1-5-17-41(18-6-1)47-33-48(42-19-7-2-8-20-42)35-49(34-47)45-28-30-51(58(36-45)65-68-64(44-23-11-4-12-24-44)69-66(70-65)67-32-16-15-25-50(67)40-67)46-29-31-53-56-38-57-55(39-60(56)71-59(53)37-46)52-26-13-14-27-54(52)62-61(63(57)62)43-21-9-3-10-22-43/h1-39,50,62H,40H2. The van der Waals surface area contributed by atoms with Crippen molar-refractivity contribution in [1.29, 1.82) is 0 Å². The van der Waals surface area contributed by atoms with E-state index in [1.54, 1.807) is 0 Å². The zero-order chi connectivity index (χ0) is 46.6. The third-order valence-electron chi connectivity index (χ3n) is 15.4. The van der Waals surface area contributed by atoms with E-state index in [0.717, 1.165) is 45.6 Å². The normalized spacial score (nSPS) is 18.0. The van der Waals surface area contributed by atoms with Gasteiger partial charge in [-0.3, -0.25) is 0 Å². The van der Waals surface area contributed by atoms with Crippen LogP contribution in [0.15, 0.2) is 237 Å². The molecule has 0 saturated heterocycles. The molecule has 71 heavy (non-hydrogen) atoms. The maximum absolute atomic E-state index is 5.51. The van der Waals surface area contributed by atoms with Crippen molar-refractivity contribution in [3.05, 3.63) is 259 Å². The molecule has 4 heteroatoms. The zero-order valence-electron chi connectivity index (χ0n) is 38.6. The molecule has 15 rings (SSSR count). The number of nitrogens with zero attached hydrogens (tertiary/aromatic N) is 3. The van der Waals surface area contributed by atoms with Crippen LogP contribution in [0.5, 0.6) is 0 Å². The molecule has 332 valence electrons. The molecule has 0 bridgehead atoms. The molecule has 0 N–H and O–H groups in total. The van der Waals surface area contributed by atoms with E-state index < -0.39 is 0 Å². The lowest BCUT2D eigenvalue weighted by Crippen LogP contribution is -2.15. The summed E-state index contributed by atoms with van der Waals surface area (Å²) in [5.74, 6) is 2.92. The molecule has 2 heterocycles. The highest BCUT2D eigenvalue weighted by Crippen LogP contribution is 2.66. The summed E-state index contributed by atoms with van der Waals surface area (Å²) in [6.07, 6.45) is 9.91. The molecule has 0 aliphatic heterocycles. The number of rotatable bonds is 8. The van der Waals surface area contributed by atoms with Crippen LogP contribution >= 0.6 is 11.3 Å². The molecular formula is C67H43N3S. The zero-order valence-corrected chi connectivity index (χ0v) is 39.4. The third-order valence-corrected chi connectivity index (χ3v) is 16.5. The molecular weight excluding hydrogens is 879 g/mol. The van der Waals surface area contributed by atoms with E-state index in [0.29, 0.717) is 23.5 Å². The quantitative estimate of drug-likeness (QED) is 0.152. The molecule has 11 aromatic rings. The predicted octanol–water partition coefficient (Wildman–Crippen LogP) is 17.3. The molecule has 1 saturated carbocycles. The number of allylic oxidation sites excluding steroid dienone is 6. The highest BCUT2D eigenvalue weighted by Gasteiger charge is 2.55. The Labute approximate surface area is 416 Å². The topological polar surface area (TPSA) is 38.7 Å². The summed E-state index contributed by atoms with van der Waals surface area (Å²) in [4.78, 5) is 16.2. The van der Waals surface area contributed by atoms with Gasteiger partial charge in [0.15, 0.2) is 11.6 Å². The van der Waals surface area contributed by atoms with Crippen LogP contribution in [0.3, 0.4) is 0 Å². The summed E-state index contributed by atoms with van der Waals surface area (Å²) in [6.45, 7) is 0. The maximum Gasteiger partial charge on any atom is 0.164 e. The Morgan fingerprint density at radius 3 is 1.72 bits per heavy atom. The molecule has 0 amide bonds. The van der Waals surface area contributed by atoms with Gasteiger partial charge >= 0.3 is 0 Å². The summed E-state index contributed by atoms with van der Waals surface area (Å²) in [5, 5.41) is 2.59. The second kappa shape index (κ2) is 15.7. The van der Waals surface area contributed by atoms with Crippen molar-refractivity contribution in [3.8, 4) is 78.4 Å². The van der Waals surface area contributed by atoms with Crippen LogP contribution in [0.4, 0.5) is 0 Å². The fourth-order valence-electron chi connectivity index (χ4n) is 11.7. The van der Waals surface area contributed by atoms with E-state index in [1.807, 2.05) is 17.4 Å². The van der Waals surface area contributed by atoms with Crippen LogP contribution in [0.25, 0.3) is 110 Å². The van der Waals surface area contributed by atoms with Crippen molar-refractivity contribution in [1.82, 2.24) is 15.0 Å². The Kier molecular flexibility index (Phi) is 8.93. The van der Waals surface area contributed by atoms with Crippen LogP contribution in [-0.2, 0) is 5.41 Å². The second-order valence-electron chi connectivity index (χ2n) is 19.5. The van der Waals surface area contributed by atoms with Crippen LogP contribution < -0.4 is 0 Å². The van der Waals surface area contributed by atoms with E-state index >= 15 is 0 Å². The lowest BCUT2D eigenvalue weighted by molar-refractivity contribution is 0.730. The van der Waals surface area contributed by atoms with Crippen molar-refractivity contribution < 1.29 is 0 Å². The lowest BCUT2D eigenvalue weighted by Gasteiger charge is -2.19. The van der Waals surface area contributed by atoms with Gasteiger partial charge in [-0.25, -0.2) is 15.0 Å².